The highest BCUT2D eigenvalue weighted by Gasteiger charge is 1.97. The van der Waals surface area contributed by atoms with Crippen molar-refractivity contribution in [1.29, 1.82) is 5.26 Å². The number of hydrogen-bond acceptors (Lipinski definition) is 2. The van der Waals surface area contributed by atoms with Crippen LogP contribution in [-0.4, -0.2) is 6.61 Å². The normalized spacial score (nSPS) is 8.73. The highest BCUT2D eigenvalue weighted by Crippen LogP contribution is 2.22. The molecule has 55 valence electrons. The molecule has 0 bridgehead atoms. The first-order valence-corrected chi connectivity index (χ1v) is 3.37. The molecule has 0 saturated carbocycles. The van der Waals surface area contributed by atoms with E-state index in [1.54, 1.807) is 18.2 Å². The van der Waals surface area contributed by atoms with E-state index in [4.69, 9.17) is 21.6 Å². The Labute approximate surface area is 70.0 Å². The van der Waals surface area contributed by atoms with E-state index in [1.807, 2.05) is 6.07 Å². The molecule has 0 N–H and O–H groups in total. The lowest BCUT2D eigenvalue weighted by Gasteiger charge is -2.01. The largest absolute Gasteiger partial charge is 0.477 e. The topological polar surface area (TPSA) is 33.0 Å². The fourth-order valence-corrected chi connectivity index (χ4v) is 0.803. The third kappa shape index (κ3) is 2.14. The molecule has 11 heavy (non-hydrogen) atoms. The Bertz CT molecular complexity index is 280. The zero-order valence-electron chi connectivity index (χ0n) is 5.67. The van der Waals surface area contributed by atoms with Gasteiger partial charge in [0.1, 0.15) is 11.8 Å². The van der Waals surface area contributed by atoms with Gasteiger partial charge in [0.15, 0.2) is 6.61 Å². The zero-order chi connectivity index (χ0) is 8.10. The van der Waals surface area contributed by atoms with Gasteiger partial charge in [0, 0.05) is 0 Å². The van der Waals surface area contributed by atoms with Gasteiger partial charge in [0.25, 0.3) is 0 Å². The van der Waals surface area contributed by atoms with E-state index in [0.717, 1.165) is 0 Å². The van der Waals surface area contributed by atoms with Gasteiger partial charge in [-0.05, 0) is 18.2 Å². The maximum absolute atomic E-state index is 8.19. The maximum atomic E-state index is 8.19. The van der Waals surface area contributed by atoms with Crippen molar-refractivity contribution in [2.75, 3.05) is 6.61 Å². The average molecular weight is 167 g/mol. The van der Waals surface area contributed by atoms with Crippen LogP contribution in [0.15, 0.2) is 18.2 Å². The van der Waals surface area contributed by atoms with Gasteiger partial charge in [0.2, 0.25) is 0 Å². The van der Waals surface area contributed by atoms with E-state index in [-0.39, 0.29) is 6.61 Å². The summed E-state index contributed by atoms with van der Waals surface area (Å²) >= 11 is 5.69. The van der Waals surface area contributed by atoms with Crippen LogP contribution in [0.25, 0.3) is 0 Å². The van der Waals surface area contributed by atoms with Crippen LogP contribution in [0.4, 0.5) is 0 Å². The highest BCUT2D eigenvalue weighted by atomic mass is 35.5. The lowest BCUT2D eigenvalue weighted by atomic mass is 10.3. The molecule has 0 heterocycles. The second-order valence-electron chi connectivity index (χ2n) is 1.80. The second kappa shape index (κ2) is 3.85. The van der Waals surface area contributed by atoms with E-state index in [1.165, 1.54) is 0 Å². The van der Waals surface area contributed by atoms with Crippen molar-refractivity contribution in [3.63, 3.8) is 0 Å². The Kier molecular flexibility index (Phi) is 2.76. The Morgan fingerprint density at radius 1 is 1.73 bits per heavy atom. The van der Waals surface area contributed by atoms with E-state index in [9.17, 15) is 0 Å². The van der Waals surface area contributed by atoms with Crippen molar-refractivity contribution in [2.24, 2.45) is 0 Å². The van der Waals surface area contributed by atoms with Gasteiger partial charge >= 0.3 is 0 Å². The van der Waals surface area contributed by atoms with Crippen LogP contribution in [0, 0.1) is 17.4 Å². The predicted octanol–water partition coefficient (Wildman–Crippen LogP) is 2.04. The fourth-order valence-electron chi connectivity index (χ4n) is 0.623. The molecular weight excluding hydrogens is 162 g/mol. The number of benzene rings is 1. The number of hydrogen-bond donors (Lipinski definition) is 0. The van der Waals surface area contributed by atoms with Crippen LogP contribution in [-0.2, 0) is 0 Å². The molecule has 1 aromatic carbocycles. The Balaban J connectivity index is 2.71. The van der Waals surface area contributed by atoms with Gasteiger partial charge in [-0.3, -0.25) is 0 Å². The molecular formula is C8H5ClNO. The number of nitrogens with zero attached hydrogens (tertiary/aromatic N) is 1. The molecule has 0 unspecified atom stereocenters. The van der Waals surface area contributed by atoms with E-state index >= 15 is 0 Å². The minimum atomic E-state index is 0.0176. The van der Waals surface area contributed by atoms with Crippen LogP contribution in [0.2, 0.25) is 5.02 Å². The lowest BCUT2D eigenvalue weighted by molar-refractivity contribution is 0.368. The summed E-state index contributed by atoms with van der Waals surface area (Å²) in [6.45, 7) is 0.0176. The Hall–Kier alpha value is -1.20. The van der Waals surface area contributed by atoms with Crippen LogP contribution in [0.3, 0.4) is 0 Å². The number of rotatable bonds is 2. The van der Waals surface area contributed by atoms with Crippen LogP contribution in [0.5, 0.6) is 5.75 Å². The third-order valence-electron chi connectivity index (χ3n) is 1.07. The van der Waals surface area contributed by atoms with Crippen LogP contribution in [0.1, 0.15) is 0 Å². The van der Waals surface area contributed by atoms with Crippen molar-refractivity contribution in [3.05, 3.63) is 29.3 Å². The Morgan fingerprint density at radius 2 is 2.55 bits per heavy atom. The lowest BCUT2D eigenvalue weighted by Crippen LogP contribution is -1.93. The fraction of sp³-hybridized carbons (Fsp3) is 0.125. The molecule has 1 radical (unpaired) electrons. The molecule has 0 saturated heterocycles. The van der Waals surface area contributed by atoms with Crippen molar-refractivity contribution in [2.45, 2.75) is 0 Å². The second-order valence-corrected chi connectivity index (χ2v) is 2.21. The molecule has 0 aromatic heterocycles. The minimum absolute atomic E-state index is 0.0176. The first-order valence-electron chi connectivity index (χ1n) is 3.00. The van der Waals surface area contributed by atoms with Gasteiger partial charge in [-0.15, -0.1) is 0 Å². The number of halogens is 1. The zero-order valence-corrected chi connectivity index (χ0v) is 6.43. The monoisotopic (exact) mass is 166 g/mol. The van der Waals surface area contributed by atoms with Gasteiger partial charge in [-0.2, -0.15) is 5.26 Å². The van der Waals surface area contributed by atoms with Crippen LogP contribution < -0.4 is 4.74 Å². The first kappa shape index (κ1) is 7.90. The number of nitriles is 1. The standard InChI is InChI=1S/C8H5ClNO/c9-7-3-1-2-4-8(7)11-6-5-10/h2-4H,6H2. The molecule has 2 nitrogen and oxygen atoms in total. The predicted molar refractivity (Wildman–Crippen MR) is 41.4 cm³/mol. The van der Waals surface area contributed by atoms with Gasteiger partial charge in [-0.25, -0.2) is 0 Å². The Morgan fingerprint density at radius 3 is 3.18 bits per heavy atom. The summed E-state index contributed by atoms with van der Waals surface area (Å²) in [5.74, 6) is 0.520. The molecule has 0 amide bonds. The highest BCUT2D eigenvalue weighted by molar-refractivity contribution is 6.32. The summed E-state index contributed by atoms with van der Waals surface area (Å²) in [4.78, 5) is 0. The SMILES string of the molecule is N#CCOc1cc[c]cc1Cl. The van der Waals surface area contributed by atoms with Crippen molar-refractivity contribution >= 4 is 11.6 Å². The maximum Gasteiger partial charge on any atom is 0.174 e. The number of ether oxygens (including phenoxy) is 1. The third-order valence-corrected chi connectivity index (χ3v) is 1.36. The summed E-state index contributed by atoms with van der Waals surface area (Å²) in [6.07, 6.45) is 0. The van der Waals surface area contributed by atoms with E-state index < -0.39 is 0 Å². The van der Waals surface area contributed by atoms with Gasteiger partial charge < -0.3 is 4.74 Å². The van der Waals surface area contributed by atoms with Gasteiger partial charge in [-0.1, -0.05) is 17.7 Å². The summed E-state index contributed by atoms with van der Waals surface area (Å²) < 4.78 is 4.97. The average Bonchev–Trinajstić information content (AvgIpc) is 2.03. The first-order chi connectivity index (χ1) is 5.34. The molecule has 0 spiro atoms. The summed E-state index contributed by atoms with van der Waals surface area (Å²) in [5.41, 5.74) is 0. The quantitative estimate of drug-likeness (QED) is 0.674. The minimum Gasteiger partial charge on any atom is -0.477 e. The smallest absolute Gasteiger partial charge is 0.174 e. The molecule has 0 aliphatic heterocycles. The van der Waals surface area contributed by atoms with Crippen LogP contribution >= 0.6 is 11.6 Å². The molecule has 1 aromatic rings. The molecule has 3 heteroatoms. The van der Waals surface area contributed by atoms with Crippen molar-refractivity contribution < 1.29 is 4.74 Å². The molecule has 0 atom stereocenters. The molecule has 1 rings (SSSR count). The van der Waals surface area contributed by atoms with Crippen molar-refractivity contribution in [1.82, 2.24) is 0 Å². The molecule has 0 aliphatic rings. The summed E-state index contributed by atoms with van der Waals surface area (Å²) in [7, 11) is 0. The van der Waals surface area contributed by atoms with Gasteiger partial charge in [0.05, 0.1) is 5.02 Å². The van der Waals surface area contributed by atoms with E-state index in [2.05, 4.69) is 6.07 Å². The molecule has 0 aliphatic carbocycles. The molecule has 0 fully saturated rings. The summed E-state index contributed by atoms with van der Waals surface area (Å²) in [6, 6.07) is 9.57. The van der Waals surface area contributed by atoms with Crippen molar-refractivity contribution in [3.8, 4) is 11.8 Å². The van der Waals surface area contributed by atoms with E-state index in [0.29, 0.717) is 10.8 Å². The summed E-state index contributed by atoms with van der Waals surface area (Å²) in [5, 5.41) is 8.67.